The Kier molecular flexibility index (Phi) is 4.41. The van der Waals surface area contributed by atoms with Crippen LogP contribution in [0.2, 0.25) is 5.02 Å². The Labute approximate surface area is 172 Å². The van der Waals surface area contributed by atoms with Gasteiger partial charge in [-0.05, 0) is 31.2 Å². The smallest absolute Gasteiger partial charge is 0.255 e. The highest BCUT2D eigenvalue weighted by molar-refractivity contribution is 6.30. The highest BCUT2D eigenvalue weighted by Crippen LogP contribution is 2.22. The Balaban J connectivity index is 1.44. The van der Waals surface area contributed by atoms with E-state index in [0.717, 1.165) is 46.8 Å². The van der Waals surface area contributed by atoms with Gasteiger partial charge in [0.2, 0.25) is 0 Å². The van der Waals surface area contributed by atoms with E-state index in [1.165, 1.54) is 0 Å². The van der Waals surface area contributed by atoms with Gasteiger partial charge in [0.25, 0.3) is 5.56 Å². The predicted octanol–water partition coefficient (Wildman–Crippen LogP) is 3.00. The van der Waals surface area contributed by atoms with E-state index in [0.29, 0.717) is 23.9 Å². The zero-order valence-corrected chi connectivity index (χ0v) is 16.6. The van der Waals surface area contributed by atoms with Crippen molar-refractivity contribution in [2.75, 3.05) is 6.54 Å². The van der Waals surface area contributed by atoms with Gasteiger partial charge in [-0.2, -0.15) is 0 Å². The van der Waals surface area contributed by atoms with Crippen molar-refractivity contribution in [2.24, 2.45) is 0 Å². The molecule has 0 aliphatic carbocycles. The van der Waals surface area contributed by atoms with Crippen LogP contribution < -0.4 is 5.56 Å². The maximum Gasteiger partial charge on any atom is 0.255 e. The second-order valence-electron chi connectivity index (χ2n) is 7.26. The molecule has 5 heterocycles. The van der Waals surface area contributed by atoms with Crippen molar-refractivity contribution >= 4 is 17.2 Å². The molecule has 7 nitrogen and oxygen atoms in total. The van der Waals surface area contributed by atoms with Crippen molar-refractivity contribution in [3.63, 3.8) is 0 Å². The summed E-state index contributed by atoms with van der Waals surface area (Å²) < 4.78 is 2.03. The second kappa shape index (κ2) is 7.09. The summed E-state index contributed by atoms with van der Waals surface area (Å²) in [6, 6.07) is 7.49. The molecule has 1 N–H and O–H groups in total. The van der Waals surface area contributed by atoms with Crippen molar-refractivity contribution in [1.82, 2.24) is 29.2 Å². The minimum absolute atomic E-state index is 0.0866. The van der Waals surface area contributed by atoms with Crippen LogP contribution in [-0.2, 0) is 19.5 Å². The van der Waals surface area contributed by atoms with E-state index in [4.69, 9.17) is 16.6 Å². The van der Waals surface area contributed by atoms with Crippen LogP contribution >= 0.6 is 11.6 Å². The summed E-state index contributed by atoms with van der Waals surface area (Å²) >= 11 is 6.18. The van der Waals surface area contributed by atoms with Crippen LogP contribution in [0.5, 0.6) is 0 Å². The van der Waals surface area contributed by atoms with E-state index in [1.54, 1.807) is 12.4 Å². The minimum atomic E-state index is -0.0866. The average Bonchev–Trinajstić information content (AvgIpc) is 3.03. The number of nitrogens with one attached hydrogen (secondary N) is 1. The maximum atomic E-state index is 12.8. The molecule has 0 bridgehead atoms. The topological polar surface area (TPSA) is 79.2 Å². The Morgan fingerprint density at radius 1 is 1.24 bits per heavy atom. The molecule has 1 aliphatic rings. The lowest BCUT2D eigenvalue weighted by Crippen LogP contribution is -2.35. The van der Waals surface area contributed by atoms with Gasteiger partial charge in [-0.15, -0.1) is 0 Å². The Hall–Kier alpha value is -3.03. The highest BCUT2D eigenvalue weighted by atomic mass is 35.5. The van der Waals surface area contributed by atoms with Crippen LogP contribution in [-0.4, -0.2) is 35.8 Å². The molecular formula is C21H19ClN6O. The summed E-state index contributed by atoms with van der Waals surface area (Å²) in [5.41, 5.74) is 5.25. The molecule has 0 atom stereocenters. The van der Waals surface area contributed by atoms with Gasteiger partial charge in [-0.25, -0.2) is 9.97 Å². The van der Waals surface area contributed by atoms with Gasteiger partial charge in [0.05, 0.1) is 27.7 Å². The molecule has 4 aromatic rings. The van der Waals surface area contributed by atoms with Gasteiger partial charge in [0.15, 0.2) is 0 Å². The van der Waals surface area contributed by atoms with Crippen LogP contribution in [0.3, 0.4) is 0 Å². The average molecular weight is 407 g/mol. The SMILES string of the molecule is Cc1nc2ccc(Cl)cn2c1CN1CCc2nc(-c3cccnc3)[nH]c(=O)c2C1. The molecule has 1 aliphatic heterocycles. The third-order valence-corrected chi connectivity index (χ3v) is 5.56. The van der Waals surface area contributed by atoms with Crippen molar-refractivity contribution in [2.45, 2.75) is 26.4 Å². The van der Waals surface area contributed by atoms with Crippen LogP contribution in [0.25, 0.3) is 17.0 Å². The maximum absolute atomic E-state index is 12.8. The van der Waals surface area contributed by atoms with Gasteiger partial charge in [-0.3, -0.25) is 14.7 Å². The lowest BCUT2D eigenvalue weighted by atomic mass is 10.1. The zero-order valence-electron chi connectivity index (χ0n) is 15.9. The summed E-state index contributed by atoms with van der Waals surface area (Å²) in [6.45, 7) is 4.07. The highest BCUT2D eigenvalue weighted by Gasteiger charge is 2.23. The second-order valence-corrected chi connectivity index (χ2v) is 7.70. The molecule has 0 amide bonds. The number of hydrogen-bond donors (Lipinski definition) is 1. The van der Waals surface area contributed by atoms with Crippen LogP contribution in [0.15, 0.2) is 47.7 Å². The molecule has 0 spiro atoms. The van der Waals surface area contributed by atoms with E-state index < -0.39 is 0 Å². The normalized spacial score (nSPS) is 14.3. The van der Waals surface area contributed by atoms with Crippen LogP contribution in [0.1, 0.15) is 22.6 Å². The van der Waals surface area contributed by atoms with Crippen LogP contribution in [0.4, 0.5) is 0 Å². The number of nitrogens with zero attached hydrogens (tertiary/aromatic N) is 5. The number of pyridine rings is 2. The minimum Gasteiger partial charge on any atom is -0.306 e. The summed E-state index contributed by atoms with van der Waals surface area (Å²) in [7, 11) is 0. The van der Waals surface area contributed by atoms with Crippen molar-refractivity contribution in [3.05, 3.63) is 80.9 Å². The first kappa shape index (κ1) is 18.0. The number of hydrogen-bond acceptors (Lipinski definition) is 5. The Morgan fingerprint density at radius 3 is 2.97 bits per heavy atom. The number of halogens is 1. The zero-order chi connectivity index (χ0) is 20.0. The third-order valence-electron chi connectivity index (χ3n) is 5.34. The summed E-state index contributed by atoms with van der Waals surface area (Å²) in [4.78, 5) is 31.3. The number of aromatic amines is 1. The molecule has 4 aromatic heterocycles. The lowest BCUT2D eigenvalue weighted by Gasteiger charge is -2.27. The molecule has 0 fully saturated rings. The summed E-state index contributed by atoms with van der Waals surface area (Å²) in [5, 5.41) is 0.670. The first-order chi connectivity index (χ1) is 14.1. The first-order valence-corrected chi connectivity index (χ1v) is 9.84. The molecule has 8 heteroatoms. The lowest BCUT2D eigenvalue weighted by molar-refractivity contribution is 0.238. The predicted molar refractivity (Wildman–Crippen MR) is 111 cm³/mol. The van der Waals surface area contributed by atoms with Gasteiger partial charge in [-0.1, -0.05) is 11.6 Å². The number of fused-ring (bicyclic) bond motifs is 2. The molecular weight excluding hydrogens is 388 g/mol. The van der Waals surface area contributed by atoms with E-state index in [9.17, 15) is 4.79 Å². The third kappa shape index (κ3) is 3.32. The fraction of sp³-hybridized carbons (Fsp3) is 0.238. The quantitative estimate of drug-likeness (QED) is 0.565. The summed E-state index contributed by atoms with van der Waals surface area (Å²) in [5.74, 6) is 0.572. The van der Waals surface area contributed by atoms with E-state index in [1.807, 2.05) is 41.8 Å². The first-order valence-electron chi connectivity index (χ1n) is 9.46. The molecule has 0 saturated carbocycles. The molecule has 5 rings (SSSR count). The standard InChI is InChI=1S/C21H19ClN6O/c1-13-18(28-10-15(22)4-5-19(28)24-13)12-27-8-6-17-16(11-27)21(29)26-20(25-17)14-3-2-7-23-9-14/h2-5,7,9-10H,6,8,11-12H2,1H3,(H,25,26,29). The van der Waals surface area contributed by atoms with Gasteiger partial charge >= 0.3 is 0 Å². The number of rotatable bonds is 3. The summed E-state index contributed by atoms with van der Waals surface area (Å²) in [6.07, 6.45) is 6.02. The van der Waals surface area contributed by atoms with E-state index in [-0.39, 0.29) is 5.56 Å². The molecule has 0 radical (unpaired) electrons. The monoisotopic (exact) mass is 406 g/mol. The van der Waals surface area contributed by atoms with Crippen molar-refractivity contribution in [3.8, 4) is 11.4 Å². The number of imidazole rings is 1. The van der Waals surface area contributed by atoms with Crippen LogP contribution in [0, 0.1) is 6.92 Å². The Morgan fingerprint density at radius 2 is 2.14 bits per heavy atom. The largest absolute Gasteiger partial charge is 0.306 e. The van der Waals surface area contributed by atoms with Gasteiger partial charge < -0.3 is 9.38 Å². The van der Waals surface area contributed by atoms with Gasteiger partial charge in [0.1, 0.15) is 11.5 Å². The van der Waals surface area contributed by atoms with E-state index in [2.05, 4.69) is 19.9 Å². The van der Waals surface area contributed by atoms with Crippen molar-refractivity contribution in [1.29, 1.82) is 0 Å². The van der Waals surface area contributed by atoms with E-state index >= 15 is 0 Å². The fourth-order valence-corrected chi connectivity index (χ4v) is 4.00. The number of aryl methyl sites for hydroxylation is 1. The number of aromatic nitrogens is 5. The number of H-pyrrole nitrogens is 1. The van der Waals surface area contributed by atoms with Crippen molar-refractivity contribution < 1.29 is 0 Å². The Bertz CT molecular complexity index is 1260. The molecule has 0 aromatic carbocycles. The molecule has 0 unspecified atom stereocenters. The van der Waals surface area contributed by atoms with Gasteiger partial charge in [0, 0.05) is 50.2 Å². The molecule has 29 heavy (non-hydrogen) atoms. The fourth-order valence-electron chi connectivity index (χ4n) is 3.84. The molecule has 146 valence electrons. The molecule has 0 saturated heterocycles.